The standard InChI is InChI=1S/C18H23N3O2/c1-2-20-11-9-19-17(20)16-4-3-10-21(12-16)18(23)15-7-5-14(13-22)6-8-15/h5-9,11,16,22H,2-4,10,12-13H2,1H3/t16-/m0/s1. The van der Waals surface area contributed by atoms with Crippen molar-refractivity contribution >= 4 is 5.91 Å². The van der Waals surface area contributed by atoms with Crippen LogP contribution in [0.4, 0.5) is 0 Å². The van der Waals surface area contributed by atoms with Gasteiger partial charge in [-0.1, -0.05) is 12.1 Å². The number of nitrogens with zero attached hydrogens (tertiary/aromatic N) is 3. The summed E-state index contributed by atoms with van der Waals surface area (Å²) in [7, 11) is 0. The van der Waals surface area contributed by atoms with Crippen molar-refractivity contribution < 1.29 is 9.90 Å². The molecule has 1 aliphatic heterocycles. The molecule has 1 saturated heterocycles. The molecule has 1 amide bonds. The number of carbonyl (C=O) groups excluding carboxylic acids is 1. The minimum Gasteiger partial charge on any atom is -0.392 e. The first-order valence-electron chi connectivity index (χ1n) is 8.23. The number of benzene rings is 1. The third-order valence-corrected chi connectivity index (χ3v) is 4.55. The second kappa shape index (κ2) is 6.96. The van der Waals surface area contributed by atoms with Crippen LogP contribution in [0.15, 0.2) is 36.7 Å². The molecule has 0 saturated carbocycles. The van der Waals surface area contributed by atoms with Gasteiger partial charge in [0.15, 0.2) is 0 Å². The zero-order chi connectivity index (χ0) is 16.2. The van der Waals surface area contributed by atoms with Crippen LogP contribution in [-0.2, 0) is 13.2 Å². The molecule has 1 fully saturated rings. The average Bonchev–Trinajstić information content (AvgIpc) is 3.10. The van der Waals surface area contributed by atoms with Gasteiger partial charge in [0.2, 0.25) is 0 Å². The van der Waals surface area contributed by atoms with E-state index in [1.54, 1.807) is 24.3 Å². The van der Waals surface area contributed by atoms with Crippen LogP contribution in [0.5, 0.6) is 0 Å². The normalized spacial score (nSPS) is 18.2. The quantitative estimate of drug-likeness (QED) is 0.943. The van der Waals surface area contributed by atoms with Crippen LogP contribution in [0.3, 0.4) is 0 Å². The minimum atomic E-state index is -0.0000641. The average molecular weight is 313 g/mol. The smallest absolute Gasteiger partial charge is 0.253 e. The van der Waals surface area contributed by atoms with Gasteiger partial charge < -0.3 is 14.6 Å². The topological polar surface area (TPSA) is 58.4 Å². The van der Waals surface area contributed by atoms with Gasteiger partial charge in [0, 0.05) is 43.5 Å². The van der Waals surface area contributed by atoms with Crippen molar-refractivity contribution in [2.24, 2.45) is 0 Å². The molecule has 1 N–H and O–H groups in total. The highest BCUT2D eigenvalue weighted by Gasteiger charge is 2.27. The number of likely N-dealkylation sites (tertiary alicyclic amines) is 1. The lowest BCUT2D eigenvalue weighted by Gasteiger charge is -2.32. The fraction of sp³-hybridized carbons (Fsp3) is 0.444. The van der Waals surface area contributed by atoms with Crippen LogP contribution in [0.1, 0.15) is 47.4 Å². The Bertz CT molecular complexity index is 663. The number of amides is 1. The molecule has 0 radical (unpaired) electrons. The van der Waals surface area contributed by atoms with Crippen molar-refractivity contribution in [3.63, 3.8) is 0 Å². The Kier molecular flexibility index (Phi) is 4.76. The lowest BCUT2D eigenvalue weighted by molar-refractivity contribution is 0.0703. The van der Waals surface area contributed by atoms with E-state index in [2.05, 4.69) is 16.5 Å². The van der Waals surface area contributed by atoms with Gasteiger partial charge in [-0.3, -0.25) is 4.79 Å². The van der Waals surface area contributed by atoms with E-state index in [1.165, 1.54) is 0 Å². The molecule has 5 heteroatoms. The molecule has 1 atom stereocenters. The Labute approximate surface area is 136 Å². The highest BCUT2D eigenvalue weighted by molar-refractivity contribution is 5.94. The van der Waals surface area contributed by atoms with Crippen molar-refractivity contribution in [1.29, 1.82) is 0 Å². The highest BCUT2D eigenvalue weighted by atomic mass is 16.3. The molecule has 0 aliphatic carbocycles. The third kappa shape index (κ3) is 3.29. The van der Waals surface area contributed by atoms with E-state index in [-0.39, 0.29) is 12.5 Å². The Hall–Kier alpha value is -2.14. The first-order valence-corrected chi connectivity index (χ1v) is 8.23. The van der Waals surface area contributed by atoms with E-state index in [0.29, 0.717) is 11.5 Å². The molecule has 2 aromatic rings. The third-order valence-electron chi connectivity index (χ3n) is 4.55. The molecule has 5 nitrogen and oxygen atoms in total. The molecule has 0 spiro atoms. The molecule has 122 valence electrons. The summed E-state index contributed by atoms with van der Waals surface area (Å²) in [6.07, 6.45) is 5.92. The van der Waals surface area contributed by atoms with E-state index < -0.39 is 0 Å². The number of rotatable bonds is 4. The molecule has 0 unspecified atom stereocenters. The Morgan fingerprint density at radius 2 is 2.13 bits per heavy atom. The van der Waals surface area contributed by atoms with Crippen LogP contribution in [-0.4, -0.2) is 38.6 Å². The summed E-state index contributed by atoms with van der Waals surface area (Å²) in [5.74, 6) is 1.45. The number of hydrogen-bond donors (Lipinski definition) is 1. The largest absolute Gasteiger partial charge is 0.392 e. The number of imidazole rings is 1. The first kappa shape index (κ1) is 15.7. The van der Waals surface area contributed by atoms with Gasteiger partial charge in [-0.15, -0.1) is 0 Å². The SMILES string of the molecule is CCn1ccnc1[C@H]1CCCN(C(=O)c2ccc(CO)cc2)C1. The van der Waals surface area contributed by atoms with Gasteiger partial charge >= 0.3 is 0 Å². The molecular formula is C18H23N3O2. The minimum absolute atomic E-state index is 0.0000641. The number of aromatic nitrogens is 2. The maximum atomic E-state index is 12.7. The summed E-state index contributed by atoms with van der Waals surface area (Å²) in [5.41, 5.74) is 1.50. The number of hydrogen-bond acceptors (Lipinski definition) is 3. The summed E-state index contributed by atoms with van der Waals surface area (Å²) in [6, 6.07) is 7.20. The zero-order valence-corrected chi connectivity index (χ0v) is 13.5. The van der Waals surface area contributed by atoms with Crippen molar-refractivity contribution in [3.05, 3.63) is 53.6 Å². The van der Waals surface area contributed by atoms with Gasteiger partial charge in [-0.2, -0.15) is 0 Å². The number of carbonyl (C=O) groups is 1. The molecule has 23 heavy (non-hydrogen) atoms. The Morgan fingerprint density at radius 1 is 1.35 bits per heavy atom. The molecule has 0 bridgehead atoms. The summed E-state index contributed by atoms with van der Waals surface area (Å²) in [5, 5.41) is 9.10. The lowest BCUT2D eigenvalue weighted by Crippen LogP contribution is -2.39. The summed E-state index contributed by atoms with van der Waals surface area (Å²) in [6.45, 7) is 4.53. The predicted molar refractivity (Wildman–Crippen MR) is 88.1 cm³/mol. The molecule has 1 aliphatic rings. The number of aliphatic hydroxyl groups excluding tert-OH is 1. The van der Waals surface area contributed by atoms with E-state index in [9.17, 15) is 4.79 Å². The maximum absolute atomic E-state index is 12.7. The van der Waals surface area contributed by atoms with Crippen molar-refractivity contribution in [2.75, 3.05) is 13.1 Å². The second-order valence-electron chi connectivity index (χ2n) is 6.02. The highest BCUT2D eigenvalue weighted by Crippen LogP contribution is 2.26. The molecular weight excluding hydrogens is 290 g/mol. The van der Waals surface area contributed by atoms with Crippen molar-refractivity contribution in [2.45, 2.75) is 38.8 Å². The fourth-order valence-electron chi connectivity index (χ4n) is 3.26. The summed E-state index contributed by atoms with van der Waals surface area (Å²) in [4.78, 5) is 19.1. The summed E-state index contributed by atoms with van der Waals surface area (Å²) >= 11 is 0. The van der Waals surface area contributed by atoms with E-state index in [4.69, 9.17) is 5.11 Å². The van der Waals surface area contributed by atoms with Crippen LogP contribution >= 0.6 is 0 Å². The van der Waals surface area contributed by atoms with E-state index in [1.807, 2.05) is 17.3 Å². The summed E-state index contributed by atoms with van der Waals surface area (Å²) < 4.78 is 2.16. The first-order chi connectivity index (χ1) is 11.2. The monoisotopic (exact) mass is 313 g/mol. The Morgan fingerprint density at radius 3 is 2.83 bits per heavy atom. The number of aliphatic hydroxyl groups is 1. The molecule has 2 heterocycles. The Balaban J connectivity index is 1.73. The molecule has 1 aromatic heterocycles. The van der Waals surface area contributed by atoms with Crippen LogP contribution in [0.2, 0.25) is 0 Å². The lowest BCUT2D eigenvalue weighted by atomic mass is 9.96. The van der Waals surface area contributed by atoms with E-state index in [0.717, 1.165) is 43.9 Å². The van der Waals surface area contributed by atoms with Gasteiger partial charge in [0.25, 0.3) is 5.91 Å². The molecule has 3 rings (SSSR count). The molecule has 1 aromatic carbocycles. The van der Waals surface area contributed by atoms with Gasteiger partial charge in [0.1, 0.15) is 5.82 Å². The second-order valence-corrected chi connectivity index (χ2v) is 6.02. The van der Waals surface area contributed by atoms with Gasteiger partial charge in [-0.05, 0) is 37.5 Å². The van der Waals surface area contributed by atoms with Gasteiger partial charge in [-0.25, -0.2) is 4.98 Å². The fourth-order valence-corrected chi connectivity index (χ4v) is 3.26. The van der Waals surface area contributed by atoms with E-state index >= 15 is 0 Å². The predicted octanol–water partition coefficient (Wildman–Crippen LogP) is 2.42. The number of aryl methyl sites for hydroxylation is 1. The van der Waals surface area contributed by atoms with Crippen molar-refractivity contribution in [3.8, 4) is 0 Å². The zero-order valence-electron chi connectivity index (χ0n) is 13.5. The van der Waals surface area contributed by atoms with Crippen LogP contribution < -0.4 is 0 Å². The number of piperidine rings is 1. The maximum Gasteiger partial charge on any atom is 0.253 e. The van der Waals surface area contributed by atoms with Gasteiger partial charge in [0.05, 0.1) is 6.61 Å². The van der Waals surface area contributed by atoms with Crippen LogP contribution in [0, 0.1) is 0 Å². The van der Waals surface area contributed by atoms with Crippen molar-refractivity contribution in [1.82, 2.24) is 14.5 Å². The van der Waals surface area contributed by atoms with Crippen LogP contribution in [0.25, 0.3) is 0 Å².